The van der Waals surface area contributed by atoms with Gasteiger partial charge >= 0.3 is 0 Å². The highest BCUT2D eigenvalue weighted by molar-refractivity contribution is 9.10. The molecule has 1 aliphatic rings. The first-order valence-corrected chi connectivity index (χ1v) is 10.3. The molecule has 0 spiro atoms. The quantitative estimate of drug-likeness (QED) is 0.420. The molecule has 0 bridgehead atoms. The third kappa shape index (κ3) is 4.80. The minimum Gasteiger partial charge on any atom is -0.490 e. The highest BCUT2D eigenvalue weighted by atomic mass is 79.9. The number of halogens is 1. The van der Waals surface area contributed by atoms with Crippen LogP contribution in [0, 0.1) is 0 Å². The molecule has 2 aromatic rings. The van der Waals surface area contributed by atoms with Gasteiger partial charge < -0.3 is 9.47 Å². The second-order valence-electron chi connectivity index (χ2n) is 6.52. The van der Waals surface area contributed by atoms with Crippen LogP contribution in [0.5, 0.6) is 11.5 Å². The Kier molecular flexibility index (Phi) is 6.72. The lowest BCUT2D eigenvalue weighted by Crippen LogP contribution is -2.12. The summed E-state index contributed by atoms with van der Waals surface area (Å²) in [7, 11) is 0. The van der Waals surface area contributed by atoms with Crippen LogP contribution in [0.25, 0.3) is 6.08 Å². The average Bonchev–Trinajstić information content (AvgIpc) is 3.31. The lowest BCUT2D eigenvalue weighted by Gasteiger charge is -2.17. The normalized spacial score (nSPS) is 14.8. The van der Waals surface area contributed by atoms with E-state index in [0.717, 1.165) is 29.9 Å². The molecule has 3 rings (SSSR count). The number of nitrogens with zero attached hydrogens (tertiary/aromatic N) is 2. The van der Waals surface area contributed by atoms with Crippen molar-refractivity contribution in [3.63, 3.8) is 0 Å². The molecule has 0 amide bonds. The van der Waals surface area contributed by atoms with E-state index in [-0.39, 0.29) is 11.9 Å². The Labute approximate surface area is 168 Å². The minimum absolute atomic E-state index is 0.0922. The number of aryl methyl sites for hydroxylation is 1. The topological polar surface area (TPSA) is 53.3 Å². The number of carbonyl (C=O) groups excluding carboxylic acids is 1. The van der Waals surface area contributed by atoms with Crippen LogP contribution in [0.15, 0.2) is 34.9 Å². The van der Waals surface area contributed by atoms with E-state index in [2.05, 4.69) is 21.0 Å². The van der Waals surface area contributed by atoms with E-state index in [1.807, 2.05) is 32.0 Å². The summed E-state index contributed by atoms with van der Waals surface area (Å²) < 4.78 is 14.3. The molecule has 5 nitrogen and oxygen atoms in total. The van der Waals surface area contributed by atoms with Gasteiger partial charge in [-0.2, -0.15) is 5.10 Å². The van der Waals surface area contributed by atoms with Crippen LogP contribution >= 0.6 is 15.9 Å². The maximum Gasteiger partial charge on any atom is 0.205 e. The maximum atomic E-state index is 12.6. The smallest absolute Gasteiger partial charge is 0.205 e. The van der Waals surface area contributed by atoms with Gasteiger partial charge in [0.1, 0.15) is 5.69 Å². The second kappa shape index (κ2) is 9.22. The largest absolute Gasteiger partial charge is 0.490 e. The number of hydrogen-bond acceptors (Lipinski definition) is 4. The zero-order valence-electron chi connectivity index (χ0n) is 15.8. The van der Waals surface area contributed by atoms with Gasteiger partial charge in [-0.05, 0) is 79.2 Å². The monoisotopic (exact) mass is 432 g/mol. The number of ketones is 1. The maximum absolute atomic E-state index is 12.6. The molecule has 0 radical (unpaired) electrons. The van der Waals surface area contributed by atoms with Crippen molar-refractivity contribution in [3.05, 3.63) is 46.2 Å². The Morgan fingerprint density at radius 2 is 2.07 bits per heavy atom. The second-order valence-corrected chi connectivity index (χ2v) is 7.37. The average molecular weight is 433 g/mol. The first kappa shape index (κ1) is 19.7. The molecule has 6 heteroatoms. The molecule has 0 saturated heterocycles. The zero-order valence-corrected chi connectivity index (χ0v) is 17.4. The Bertz CT molecular complexity index is 823. The molecule has 27 heavy (non-hydrogen) atoms. The Hall–Kier alpha value is -2.08. The molecule has 0 unspecified atom stereocenters. The fourth-order valence-electron chi connectivity index (χ4n) is 3.28. The number of rotatable bonds is 8. The summed E-state index contributed by atoms with van der Waals surface area (Å²) in [6.07, 6.45) is 9.93. The minimum atomic E-state index is -0.0922. The molecule has 1 aromatic carbocycles. The zero-order chi connectivity index (χ0) is 19.2. The first-order chi connectivity index (χ1) is 13.1. The standard InChI is InChI=1S/C21H25BrN2O3/c1-3-24-21(17(22)14-23-24)18(25)11-9-15-10-12-19(20(13-15)26-4-2)27-16-7-5-6-8-16/h9-14,16H,3-8H2,1-2H3/b11-9+. The number of carbonyl (C=O) groups is 1. The van der Waals surface area contributed by atoms with E-state index in [1.54, 1.807) is 23.0 Å². The fourth-order valence-corrected chi connectivity index (χ4v) is 3.77. The molecule has 0 aliphatic heterocycles. The van der Waals surface area contributed by atoms with Crippen molar-refractivity contribution >= 4 is 27.8 Å². The number of aromatic nitrogens is 2. The van der Waals surface area contributed by atoms with Crippen LogP contribution in [-0.2, 0) is 6.54 Å². The van der Waals surface area contributed by atoms with Gasteiger partial charge in [-0.3, -0.25) is 9.48 Å². The Morgan fingerprint density at radius 1 is 1.30 bits per heavy atom. The van der Waals surface area contributed by atoms with Gasteiger partial charge in [0.2, 0.25) is 5.78 Å². The molecule has 1 heterocycles. The highest BCUT2D eigenvalue weighted by Crippen LogP contribution is 2.33. The van der Waals surface area contributed by atoms with Crippen molar-refractivity contribution in [2.75, 3.05) is 6.61 Å². The summed E-state index contributed by atoms with van der Waals surface area (Å²) in [4.78, 5) is 12.6. The van der Waals surface area contributed by atoms with Gasteiger partial charge in [-0.15, -0.1) is 0 Å². The highest BCUT2D eigenvalue weighted by Gasteiger charge is 2.19. The lowest BCUT2D eigenvalue weighted by atomic mass is 10.1. The summed E-state index contributed by atoms with van der Waals surface area (Å²) in [5.74, 6) is 1.41. The summed E-state index contributed by atoms with van der Waals surface area (Å²) in [6.45, 7) is 5.12. The van der Waals surface area contributed by atoms with E-state index < -0.39 is 0 Å². The van der Waals surface area contributed by atoms with Gasteiger partial charge in [0.15, 0.2) is 11.5 Å². The van der Waals surface area contributed by atoms with Crippen molar-refractivity contribution in [1.82, 2.24) is 9.78 Å². The van der Waals surface area contributed by atoms with E-state index in [0.29, 0.717) is 23.3 Å². The molecule has 1 aromatic heterocycles. The number of hydrogen-bond donors (Lipinski definition) is 0. The molecule has 0 N–H and O–H groups in total. The van der Waals surface area contributed by atoms with Crippen LogP contribution in [0.4, 0.5) is 0 Å². The van der Waals surface area contributed by atoms with Gasteiger partial charge in [0.25, 0.3) is 0 Å². The van der Waals surface area contributed by atoms with Crippen LogP contribution in [-0.4, -0.2) is 28.3 Å². The molecule has 0 atom stereocenters. The van der Waals surface area contributed by atoms with Crippen LogP contribution in [0.3, 0.4) is 0 Å². The van der Waals surface area contributed by atoms with E-state index in [4.69, 9.17) is 9.47 Å². The van der Waals surface area contributed by atoms with Crippen molar-refractivity contribution in [2.24, 2.45) is 0 Å². The third-order valence-corrected chi connectivity index (χ3v) is 5.20. The number of allylic oxidation sites excluding steroid dienone is 1. The van der Waals surface area contributed by atoms with Gasteiger partial charge in [-0.25, -0.2) is 0 Å². The predicted molar refractivity (Wildman–Crippen MR) is 109 cm³/mol. The SMILES string of the molecule is CCOc1cc(/C=C/C(=O)c2c(Br)cnn2CC)ccc1OC1CCCC1. The lowest BCUT2D eigenvalue weighted by molar-refractivity contribution is 0.103. The van der Waals surface area contributed by atoms with E-state index in [9.17, 15) is 4.79 Å². The van der Waals surface area contributed by atoms with Crippen LogP contribution in [0.2, 0.25) is 0 Å². The van der Waals surface area contributed by atoms with Gasteiger partial charge in [-0.1, -0.05) is 12.1 Å². The van der Waals surface area contributed by atoms with Gasteiger partial charge in [0, 0.05) is 6.54 Å². The fraction of sp³-hybridized carbons (Fsp3) is 0.429. The molecule has 1 aliphatic carbocycles. The number of ether oxygens (including phenoxy) is 2. The Balaban J connectivity index is 1.77. The van der Waals surface area contributed by atoms with Crippen molar-refractivity contribution < 1.29 is 14.3 Å². The summed E-state index contributed by atoms with van der Waals surface area (Å²) in [5.41, 5.74) is 1.45. The van der Waals surface area contributed by atoms with Gasteiger partial charge in [0.05, 0.1) is 23.4 Å². The van der Waals surface area contributed by atoms with Crippen molar-refractivity contribution in [3.8, 4) is 11.5 Å². The number of benzene rings is 1. The van der Waals surface area contributed by atoms with E-state index >= 15 is 0 Å². The molecular weight excluding hydrogens is 408 g/mol. The van der Waals surface area contributed by atoms with Crippen LogP contribution < -0.4 is 9.47 Å². The molecule has 1 fully saturated rings. The molecule has 1 saturated carbocycles. The summed E-state index contributed by atoms with van der Waals surface area (Å²) >= 11 is 3.39. The first-order valence-electron chi connectivity index (χ1n) is 9.49. The van der Waals surface area contributed by atoms with Crippen LogP contribution in [0.1, 0.15) is 55.6 Å². The summed E-state index contributed by atoms with van der Waals surface area (Å²) in [6, 6.07) is 5.80. The predicted octanol–water partition coefficient (Wildman–Crippen LogP) is 5.28. The van der Waals surface area contributed by atoms with Crippen molar-refractivity contribution in [2.45, 2.75) is 52.2 Å². The van der Waals surface area contributed by atoms with E-state index in [1.165, 1.54) is 12.8 Å². The molecule has 144 valence electrons. The Morgan fingerprint density at radius 3 is 2.78 bits per heavy atom. The third-order valence-electron chi connectivity index (χ3n) is 4.62. The van der Waals surface area contributed by atoms with Crippen molar-refractivity contribution in [1.29, 1.82) is 0 Å². The summed E-state index contributed by atoms with van der Waals surface area (Å²) in [5, 5.41) is 4.19. The molecular formula is C21H25BrN2O3.